The molecule has 0 atom stereocenters. The molecule has 0 aromatic rings. The summed E-state index contributed by atoms with van der Waals surface area (Å²) in [6, 6.07) is 0.498. The van der Waals surface area contributed by atoms with E-state index in [0.29, 0.717) is 6.04 Å². The predicted molar refractivity (Wildman–Crippen MR) is 53.0 cm³/mol. The zero-order valence-corrected chi connectivity index (χ0v) is 8.20. The van der Waals surface area contributed by atoms with Crippen LogP contribution in [0.4, 0.5) is 0 Å². The van der Waals surface area contributed by atoms with Crippen LogP contribution in [0.2, 0.25) is 0 Å². The summed E-state index contributed by atoms with van der Waals surface area (Å²) in [4.78, 5) is 6.33. The molecule has 0 saturated heterocycles. The fourth-order valence-corrected chi connectivity index (χ4v) is 1.21. The molecule has 66 valence electrons. The van der Waals surface area contributed by atoms with Crippen molar-refractivity contribution in [3.63, 3.8) is 0 Å². The minimum absolute atomic E-state index is 0.498. The van der Waals surface area contributed by atoms with Gasteiger partial charge in [0.25, 0.3) is 0 Å². The Morgan fingerprint density at radius 1 is 1.42 bits per heavy atom. The van der Waals surface area contributed by atoms with Gasteiger partial charge in [-0.1, -0.05) is 5.57 Å². The molecule has 0 spiro atoms. The molecular weight excluding hydrogens is 148 g/mol. The Morgan fingerprint density at radius 2 is 2.08 bits per heavy atom. The van der Waals surface area contributed by atoms with Crippen molar-refractivity contribution in [2.75, 3.05) is 0 Å². The molecular formula is C10H16N2. The topological polar surface area (TPSA) is 15.6 Å². The number of hydrogen-bond donors (Lipinski definition) is 0. The fraction of sp³-hybridized carbons (Fsp3) is 0.500. The first-order valence-corrected chi connectivity index (χ1v) is 4.28. The quantitative estimate of drug-likeness (QED) is 0.581. The van der Waals surface area contributed by atoms with Gasteiger partial charge in [-0.2, -0.15) is 0 Å². The number of allylic oxidation sites excluding steroid dienone is 2. The van der Waals surface area contributed by atoms with E-state index in [1.165, 1.54) is 11.3 Å². The van der Waals surface area contributed by atoms with E-state index >= 15 is 0 Å². The van der Waals surface area contributed by atoms with Crippen LogP contribution in [0.5, 0.6) is 0 Å². The van der Waals surface area contributed by atoms with E-state index in [-0.39, 0.29) is 0 Å². The average Bonchev–Trinajstić information content (AvgIpc) is 2.04. The number of rotatable bonds is 1. The summed E-state index contributed by atoms with van der Waals surface area (Å²) in [5.41, 5.74) is 2.52. The maximum Gasteiger partial charge on any atom is 0.0581 e. The average molecular weight is 164 g/mol. The molecule has 0 aliphatic carbocycles. The van der Waals surface area contributed by atoms with Gasteiger partial charge in [0.2, 0.25) is 0 Å². The second-order valence-electron chi connectivity index (χ2n) is 3.46. The van der Waals surface area contributed by atoms with Gasteiger partial charge in [-0.05, 0) is 27.7 Å². The van der Waals surface area contributed by atoms with Crippen LogP contribution in [-0.2, 0) is 0 Å². The third-order valence-corrected chi connectivity index (χ3v) is 1.86. The second kappa shape index (κ2) is 3.57. The summed E-state index contributed by atoms with van der Waals surface area (Å²) in [5.74, 6) is 0. The largest absolute Gasteiger partial charge is 0.343 e. The molecule has 0 radical (unpaired) electrons. The molecule has 1 heterocycles. The van der Waals surface area contributed by atoms with Crippen LogP contribution >= 0.6 is 0 Å². The lowest BCUT2D eigenvalue weighted by Gasteiger charge is -2.28. The van der Waals surface area contributed by atoms with Crippen molar-refractivity contribution < 1.29 is 0 Å². The van der Waals surface area contributed by atoms with E-state index in [9.17, 15) is 0 Å². The zero-order chi connectivity index (χ0) is 9.14. The van der Waals surface area contributed by atoms with Crippen LogP contribution in [0.15, 0.2) is 28.7 Å². The van der Waals surface area contributed by atoms with E-state index < -0.39 is 0 Å². The molecule has 2 heteroatoms. The van der Waals surface area contributed by atoms with Crippen LogP contribution in [-0.4, -0.2) is 17.2 Å². The Balaban J connectivity index is 2.94. The SMILES string of the molecule is CC(C)=C1C=NC=CN1C(C)C. The number of hydrogen-bond acceptors (Lipinski definition) is 2. The van der Waals surface area contributed by atoms with Gasteiger partial charge in [-0.3, -0.25) is 4.99 Å². The van der Waals surface area contributed by atoms with E-state index in [1.807, 2.05) is 18.6 Å². The summed E-state index contributed by atoms with van der Waals surface area (Å²) in [7, 11) is 0. The molecule has 0 unspecified atom stereocenters. The first kappa shape index (κ1) is 9.04. The third kappa shape index (κ3) is 1.76. The lowest BCUT2D eigenvalue weighted by Crippen LogP contribution is -2.27. The number of aliphatic imine (C=N–C) groups is 1. The van der Waals surface area contributed by atoms with Crippen molar-refractivity contribution in [1.29, 1.82) is 0 Å². The predicted octanol–water partition coefficient (Wildman–Crippen LogP) is 2.55. The molecule has 0 N–H and O–H groups in total. The van der Waals surface area contributed by atoms with Crippen LogP contribution in [0.1, 0.15) is 27.7 Å². The lowest BCUT2D eigenvalue weighted by molar-refractivity contribution is 0.396. The maximum atomic E-state index is 4.11. The Bertz CT molecular complexity index is 243. The van der Waals surface area contributed by atoms with E-state index in [4.69, 9.17) is 0 Å². The van der Waals surface area contributed by atoms with Gasteiger partial charge >= 0.3 is 0 Å². The Morgan fingerprint density at radius 3 is 2.50 bits per heavy atom. The van der Waals surface area contributed by atoms with Crippen LogP contribution in [0, 0.1) is 0 Å². The highest BCUT2D eigenvalue weighted by molar-refractivity contribution is 5.80. The molecule has 0 fully saturated rings. The van der Waals surface area contributed by atoms with Crippen molar-refractivity contribution in [2.24, 2.45) is 4.99 Å². The Kier molecular flexibility index (Phi) is 2.69. The molecule has 0 aromatic carbocycles. The molecule has 0 amide bonds. The molecule has 0 saturated carbocycles. The Hall–Kier alpha value is -1.05. The monoisotopic (exact) mass is 164 g/mol. The van der Waals surface area contributed by atoms with Crippen LogP contribution in [0.3, 0.4) is 0 Å². The first-order valence-electron chi connectivity index (χ1n) is 4.28. The van der Waals surface area contributed by atoms with Gasteiger partial charge < -0.3 is 4.90 Å². The van der Waals surface area contributed by atoms with Gasteiger partial charge in [0.05, 0.1) is 11.9 Å². The first-order chi connectivity index (χ1) is 5.63. The normalized spacial score (nSPS) is 16.1. The van der Waals surface area contributed by atoms with Crippen molar-refractivity contribution >= 4 is 6.21 Å². The summed E-state index contributed by atoms with van der Waals surface area (Å²) in [5, 5.41) is 0. The highest BCUT2D eigenvalue weighted by atomic mass is 15.2. The van der Waals surface area contributed by atoms with E-state index in [0.717, 1.165) is 0 Å². The summed E-state index contributed by atoms with van der Waals surface area (Å²) >= 11 is 0. The molecule has 0 bridgehead atoms. The van der Waals surface area contributed by atoms with Crippen molar-refractivity contribution in [3.8, 4) is 0 Å². The number of nitrogens with zero attached hydrogens (tertiary/aromatic N) is 2. The minimum Gasteiger partial charge on any atom is -0.343 e. The zero-order valence-electron chi connectivity index (χ0n) is 8.20. The van der Waals surface area contributed by atoms with Gasteiger partial charge in [-0.15, -0.1) is 0 Å². The molecule has 12 heavy (non-hydrogen) atoms. The van der Waals surface area contributed by atoms with E-state index in [2.05, 4.69) is 37.6 Å². The smallest absolute Gasteiger partial charge is 0.0581 e. The van der Waals surface area contributed by atoms with E-state index in [1.54, 1.807) is 0 Å². The summed E-state index contributed by atoms with van der Waals surface area (Å²) < 4.78 is 0. The Labute approximate surface area is 74.3 Å². The van der Waals surface area contributed by atoms with Crippen LogP contribution in [0.25, 0.3) is 0 Å². The summed E-state index contributed by atoms with van der Waals surface area (Å²) in [6.07, 6.45) is 5.76. The summed E-state index contributed by atoms with van der Waals surface area (Å²) in [6.45, 7) is 8.56. The standard InChI is InChI=1S/C10H16N2/c1-8(2)10-7-11-5-6-12(10)9(3)4/h5-7,9H,1-4H3. The molecule has 1 aliphatic rings. The van der Waals surface area contributed by atoms with Crippen LogP contribution < -0.4 is 0 Å². The molecule has 1 aliphatic heterocycles. The molecule has 1 rings (SSSR count). The third-order valence-electron chi connectivity index (χ3n) is 1.86. The van der Waals surface area contributed by atoms with Gasteiger partial charge in [0.1, 0.15) is 0 Å². The molecule has 2 nitrogen and oxygen atoms in total. The maximum absolute atomic E-state index is 4.11. The fourth-order valence-electron chi connectivity index (χ4n) is 1.21. The van der Waals surface area contributed by atoms with Gasteiger partial charge in [0, 0.05) is 18.4 Å². The van der Waals surface area contributed by atoms with Gasteiger partial charge in [0.15, 0.2) is 0 Å². The minimum atomic E-state index is 0.498. The van der Waals surface area contributed by atoms with Crippen molar-refractivity contribution in [1.82, 2.24) is 4.90 Å². The van der Waals surface area contributed by atoms with Crippen molar-refractivity contribution in [3.05, 3.63) is 23.7 Å². The second-order valence-corrected chi connectivity index (χ2v) is 3.46. The van der Waals surface area contributed by atoms with Gasteiger partial charge in [-0.25, -0.2) is 0 Å². The molecule has 0 aromatic heterocycles. The lowest BCUT2D eigenvalue weighted by atomic mass is 10.2. The van der Waals surface area contributed by atoms with Crippen molar-refractivity contribution in [2.45, 2.75) is 33.7 Å². The highest BCUT2D eigenvalue weighted by Gasteiger charge is 2.11. The highest BCUT2D eigenvalue weighted by Crippen LogP contribution is 2.15.